The monoisotopic (exact) mass is 318 g/mol. The van der Waals surface area contributed by atoms with E-state index in [9.17, 15) is 4.79 Å². The Hall–Kier alpha value is -2.95. The highest BCUT2D eigenvalue weighted by Gasteiger charge is 2.27. The van der Waals surface area contributed by atoms with Crippen LogP contribution >= 0.6 is 0 Å². The molecule has 0 saturated carbocycles. The minimum absolute atomic E-state index is 0.0562. The second-order valence-electron chi connectivity index (χ2n) is 5.96. The van der Waals surface area contributed by atoms with Crippen LogP contribution < -0.4 is 0 Å². The van der Waals surface area contributed by atoms with Gasteiger partial charge in [0.2, 0.25) is 0 Å². The quantitative estimate of drug-likeness (QED) is 0.746. The van der Waals surface area contributed by atoms with Crippen LogP contribution in [0, 0.1) is 0 Å². The van der Waals surface area contributed by atoms with Crippen LogP contribution in [0.2, 0.25) is 0 Å². The van der Waals surface area contributed by atoms with Gasteiger partial charge in [-0.2, -0.15) is 5.10 Å². The summed E-state index contributed by atoms with van der Waals surface area (Å²) >= 11 is 0. The fourth-order valence-electron chi connectivity index (χ4n) is 3.15. The van der Waals surface area contributed by atoms with Crippen LogP contribution in [0.1, 0.15) is 28.8 Å². The number of carbonyl (C=O) groups is 1. The van der Waals surface area contributed by atoms with Crippen molar-refractivity contribution in [3.05, 3.63) is 72.2 Å². The van der Waals surface area contributed by atoms with E-state index in [4.69, 9.17) is 0 Å². The summed E-state index contributed by atoms with van der Waals surface area (Å²) in [6.45, 7) is 0.792. The second kappa shape index (κ2) is 6.28. The highest BCUT2D eigenvalue weighted by atomic mass is 16.2. The molecule has 0 N–H and O–H groups in total. The van der Waals surface area contributed by atoms with Gasteiger partial charge in [-0.25, -0.2) is 9.50 Å². The molecule has 1 fully saturated rings. The molecule has 1 aliphatic rings. The van der Waals surface area contributed by atoms with Crippen LogP contribution in [0.3, 0.4) is 0 Å². The van der Waals surface area contributed by atoms with Gasteiger partial charge in [0.15, 0.2) is 5.65 Å². The predicted octanol–water partition coefficient (Wildman–Crippen LogP) is 3.05. The number of carbonyl (C=O) groups excluding carboxylic acids is 1. The molecule has 1 aliphatic heterocycles. The molecule has 5 nitrogen and oxygen atoms in total. The lowest BCUT2D eigenvalue weighted by Crippen LogP contribution is -2.34. The molecule has 1 aromatic carbocycles. The summed E-state index contributed by atoms with van der Waals surface area (Å²) in [4.78, 5) is 19.0. The summed E-state index contributed by atoms with van der Waals surface area (Å²) in [6, 6.07) is 13.9. The number of likely N-dealkylation sites (tertiary alicyclic amines) is 1. The summed E-state index contributed by atoms with van der Waals surface area (Å²) < 4.78 is 1.66. The molecule has 5 heteroatoms. The molecule has 1 amide bonds. The first-order valence-corrected chi connectivity index (χ1v) is 8.15. The average molecular weight is 318 g/mol. The maximum absolute atomic E-state index is 12.9. The third-order valence-electron chi connectivity index (χ3n) is 4.40. The van der Waals surface area contributed by atoms with Crippen LogP contribution in [-0.4, -0.2) is 38.0 Å². The van der Waals surface area contributed by atoms with Crippen molar-refractivity contribution in [1.29, 1.82) is 0 Å². The van der Waals surface area contributed by atoms with Gasteiger partial charge in [-0.05, 0) is 30.5 Å². The van der Waals surface area contributed by atoms with E-state index in [1.807, 2.05) is 23.1 Å². The van der Waals surface area contributed by atoms with Gasteiger partial charge in [0, 0.05) is 18.3 Å². The normalized spacial score (nSPS) is 17.8. The number of aromatic nitrogens is 3. The van der Waals surface area contributed by atoms with Gasteiger partial charge in [0.1, 0.15) is 6.33 Å². The fourth-order valence-corrected chi connectivity index (χ4v) is 3.15. The Bertz CT molecular complexity index is 885. The number of hydrogen-bond donors (Lipinski definition) is 0. The first-order valence-electron chi connectivity index (χ1n) is 8.15. The van der Waals surface area contributed by atoms with Crippen LogP contribution in [0.15, 0.2) is 61.1 Å². The molecule has 1 saturated heterocycles. The lowest BCUT2D eigenvalue weighted by atomic mass is 10.1. The van der Waals surface area contributed by atoms with E-state index in [2.05, 4.69) is 34.4 Å². The lowest BCUT2D eigenvalue weighted by molar-refractivity contribution is 0.0762. The number of benzene rings is 1. The van der Waals surface area contributed by atoms with Crippen LogP contribution in [0.25, 0.3) is 11.7 Å². The predicted molar refractivity (Wildman–Crippen MR) is 92.5 cm³/mol. The second-order valence-corrected chi connectivity index (χ2v) is 5.96. The van der Waals surface area contributed by atoms with Crippen molar-refractivity contribution in [2.24, 2.45) is 0 Å². The SMILES string of the molecule is O=C(c1ccn2ncnc2c1)N1CCCC1/C=C/c1ccccc1. The molecule has 3 aromatic rings. The minimum Gasteiger partial charge on any atom is -0.332 e. The lowest BCUT2D eigenvalue weighted by Gasteiger charge is -2.22. The smallest absolute Gasteiger partial charge is 0.254 e. The highest BCUT2D eigenvalue weighted by molar-refractivity contribution is 5.95. The molecule has 4 rings (SSSR count). The van der Waals surface area contributed by atoms with Crippen molar-refractivity contribution in [1.82, 2.24) is 19.5 Å². The third-order valence-corrected chi connectivity index (χ3v) is 4.40. The molecular formula is C19H18N4O. The van der Waals surface area contributed by atoms with Crippen molar-refractivity contribution in [3.8, 4) is 0 Å². The standard InChI is InChI=1S/C19H18N4O/c24-19(16-10-12-23-18(13-16)20-14-21-23)22-11-4-7-17(22)9-8-15-5-2-1-3-6-15/h1-3,5-6,8-10,12-14,17H,4,7,11H2/b9-8+. The average Bonchev–Trinajstić information content (AvgIpc) is 3.28. The first kappa shape index (κ1) is 14.6. The summed E-state index contributed by atoms with van der Waals surface area (Å²) in [5, 5.41) is 4.06. The zero-order valence-electron chi connectivity index (χ0n) is 13.2. The minimum atomic E-state index is 0.0562. The van der Waals surface area contributed by atoms with E-state index in [0.29, 0.717) is 11.2 Å². The highest BCUT2D eigenvalue weighted by Crippen LogP contribution is 2.22. The number of amides is 1. The van der Waals surface area contributed by atoms with E-state index in [1.54, 1.807) is 22.8 Å². The molecule has 0 spiro atoms. The maximum Gasteiger partial charge on any atom is 0.254 e. The molecule has 1 unspecified atom stereocenters. The Morgan fingerprint density at radius 3 is 2.96 bits per heavy atom. The fraction of sp³-hybridized carbons (Fsp3) is 0.211. The molecule has 3 heterocycles. The largest absolute Gasteiger partial charge is 0.332 e. The van der Waals surface area contributed by atoms with Gasteiger partial charge in [0.05, 0.1) is 6.04 Å². The van der Waals surface area contributed by atoms with E-state index in [-0.39, 0.29) is 11.9 Å². The van der Waals surface area contributed by atoms with Gasteiger partial charge in [-0.15, -0.1) is 0 Å². The molecular weight excluding hydrogens is 300 g/mol. The molecule has 2 aromatic heterocycles. The molecule has 1 atom stereocenters. The van der Waals surface area contributed by atoms with E-state index in [1.165, 1.54) is 6.33 Å². The summed E-state index contributed by atoms with van der Waals surface area (Å²) in [6.07, 6.45) is 9.53. The summed E-state index contributed by atoms with van der Waals surface area (Å²) in [5.74, 6) is 0.0562. The molecule has 0 radical (unpaired) electrons. The Balaban J connectivity index is 1.55. The molecule has 24 heavy (non-hydrogen) atoms. The maximum atomic E-state index is 12.9. The van der Waals surface area contributed by atoms with Crippen LogP contribution in [0.5, 0.6) is 0 Å². The van der Waals surface area contributed by atoms with Crippen molar-refractivity contribution < 1.29 is 4.79 Å². The Labute approximate surface area is 140 Å². The number of rotatable bonds is 3. The Morgan fingerprint density at radius 2 is 2.08 bits per heavy atom. The zero-order chi connectivity index (χ0) is 16.4. The van der Waals surface area contributed by atoms with Crippen LogP contribution in [0.4, 0.5) is 0 Å². The topological polar surface area (TPSA) is 50.5 Å². The summed E-state index contributed by atoms with van der Waals surface area (Å²) in [7, 11) is 0. The number of fused-ring (bicyclic) bond motifs is 1. The van der Waals surface area contributed by atoms with Crippen molar-refractivity contribution in [2.45, 2.75) is 18.9 Å². The van der Waals surface area contributed by atoms with Gasteiger partial charge in [-0.1, -0.05) is 42.5 Å². The molecule has 120 valence electrons. The van der Waals surface area contributed by atoms with Crippen molar-refractivity contribution in [2.75, 3.05) is 6.54 Å². The van der Waals surface area contributed by atoms with Gasteiger partial charge < -0.3 is 4.90 Å². The first-order chi connectivity index (χ1) is 11.8. The van der Waals surface area contributed by atoms with Gasteiger partial charge in [-0.3, -0.25) is 4.79 Å². The van der Waals surface area contributed by atoms with Crippen LogP contribution in [-0.2, 0) is 0 Å². The third kappa shape index (κ3) is 2.80. The van der Waals surface area contributed by atoms with E-state index in [0.717, 1.165) is 24.9 Å². The van der Waals surface area contributed by atoms with Crippen molar-refractivity contribution >= 4 is 17.6 Å². The van der Waals surface area contributed by atoms with Gasteiger partial charge in [0.25, 0.3) is 5.91 Å². The summed E-state index contributed by atoms with van der Waals surface area (Å²) in [5.41, 5.74) is 2.51. The Kier molecular flexibility index (Phi) is 3.83. The number of hydrogen-bond acceptors (Lipinski definition) is 3. The number of pyridine rings is 1. The Morgan fingerprint density at radius 1 is 1.21 bits per heavy atom. The van der Waals surface area contributed by atoms with Crippen molar-refractivity contribution in [3.63, 3.8) is 0 Å². The zero-order valence-corrected chi connectivity index (χ0v) is 13.2. The number of nitrogens with zero attached hydrogens (tertiary/aromatic N) is 4. The molecule has 0 bridgehead atoms. The van der Waals surface area contributed by atoms with E-state index >= 15 is 0 Å². The van der Waals surface area contributed by atoms with E-state index < -0.39 is 0 Å². The molecule has 0 aliphatic carbocycles. The van der Waals surface area contributed by atoms with Gasteiger partial charge >= 0.3 is 0 Å².